The Balaban J connectivity index is 2.67. The Morgan fingerprint density at radius 2 is 1.42 bits per heavy atom. The van der Waals surface area contributed by atoms with Crippen LogP contribution in [0, 0.1) is 0 Å². The largest absolute Gasteiger partial charge is 0.573 e. The van der Waals surface area contributed by atoms with Gasteiger partial charge >= 0.3 is 0 Å². The standard InChI is InChI=1S/C8H5N2O2/c9-10-7(11)5-3-1-2-4-6(5)8(10)12/h1-4,9H/q-1. The number of nitrogens with zero attached hydrogens (tertiary/aromatic N) is 1. The van der Waals surface area contributed by atoms with Crippen LogP contribution in [0.4, 0.5) is 0 Å². The molecular formula is C8H5N2O2-. The van der Waals surface area contributed by atoms with Crippen LogP contribution in [0.1, 0.15) is 20.7 Å². The molecule has 0 saturated heterocycles. The van der Waals surface area contributed by atoms with Crippen molar-refractivity contribution in [1.82, 2.24) is 5.01 Å². The van der Waals surface area contributed by atoms with Gasteiger partial charge in [-0.1, -0.05) is 12.1 Å². The summed E-state index contributed by atoms with van der Waals surface area (Å²) in [6, 6.07) is 6.43. The third-order valence-electron chi connectivity index (χ3n) is 1.79. The van der Waals surface area contributed by atoms with Crippen LogP contribution in [0.25, 0.3) is 5.84 Å². The van der Waals surface area contributed by atoms with E-state index in [4.69, 9.17) is 5.84 Å². The Morgan fingerprint density at radius 1 is 1.00 bits per heavy atom. The quantitative estimate of drug-likeness (QED) is 0.537. The lowest BCUT2D eigenvalue weighted by molar-refractivity contribution is 0.0721. The van der Waals surface area contributed by atoms with Crippen molar-refractivity contribution in [2.24, 2.45) is 0 Å². The number of hydrogen-bond acceptors (Lipinski definition) is 2. The predicted molar refractivity (Wildman–Crippen MR) is 41.3 cm³/mol. The van der Waals surface area contributed by atoms with Crippen LogP contribution >= 0.6 is 0 Å². The Kier molecular flexibility index (Phi) is 1.25. The van der Waals surface area contributed by atoms with Crippen LogP contribution in [0.2, 0.25) is 0 Å². The average molecular weight is 161 g/mol. The van der Waals surface area contributed by atoms with Gasteiger partial charge in [0.05, 0.1) is 11.1 Å². The fourth-order valence-corrected chi connectivity index (χ4v) is 1.19. The van der Waals surface area contributed by atoms with Gasteiger partial charge in [-0.2, -0.15) is 0 Å². The summed E-state index contributed by atoms with van der Waals surface area (Å²) in [6.07, 6.45) is 0. The molecule has 1 aromatic rings. The maximum Gasteiger partial charge on any atom is 0.244 e. The van der Waals surface area contributed by atoms with Crippen LogP contribution in [0.15, 0.2) is 24.3 Å². The fourth-order valence-electron chi connectivity index (χ4n) is 1.19. The van der Waals surface area contributed by atoms with E-state index in [0.29, 0.717) is 16.1 Å². The molecule has 0 aromatic heterocycles. The van der Waals surface area contributed by atoms with Crippen molar-refractivity contribution < 1.29 is 9.59 Å². The number of amides is 2. The predicted octanol–water partition coefficient (Wildman–Crippen LogP) is 1.25. The van der Waals surface area contributed by atoms with E-state index in [1.807, 2.05) is 0 Å². The molecule has 0 spiro atoms. The summed E-state index contributed by atoms with van der Waals surface area (Å²) in [5.41, 5.74) is 0.634. The van der Waals surface area contributed by atoms with E-state index >= 15 is 0 Å². The molecule has 0 radical (unpaired) electrons. The smallest absolute Gasteiger partial charge is 0.244 e. The lowest BCUT2D eigenvalue weighted by Crippen LogP contribution is -2.20. The average Bonchev–Trinajstić information content (AvgIpc) is 2.33. The van der Waals surface area contributed by atoms with Gasteiger partial charge in [0.15, 0.2) is 0 Å². The molecule has 0 fully saturated rings. The number of imide groups is 1. The lowest BCUT2D eigenvalue weighted by atomic mass is 10.1. The fraction of sp³-hybridized carbons (Fsp3) is 0. The number of rotatable bonds is 0. The first-order chi connectivity index (χ1) is 5.72. The number of carbonyl (C=O) groups excluding carboxylic acids is 2. The molecule has 12 heavy (non-hydrogen) atoms. The first-order valence-corrected chi connectivity index (χ1v) is 3.41. The molecule has 0 atom stereocenters. The number of fused-ring (bicyclic) bond motifs is 1. The van der Waals surface area contributed by atoms with Gasteiger partial charge in [0.1, 0.15) is 0 Å². The van der Waals surface area contributed by atoms with Gasteiger partial charge in [0, 0.05) is 0 Å². The molecule has 0 unspecified atom stereocenters. The van der Waals surface area contributed by atoms with E-state index in [0.717, 1.165) is 0 Å². The zero-order valence-electron chi connectivity index (χ0n) is 6.07. The van der Waals surface area contributed by atoms with Crippen LogP contribution < -0.4 is 0 Å². The van der Waals surface area contributed by atoms with Crippen molar-refractivity contribution >= 4 is 11.8 Å². The molecule has 2 amide bonds. The Bertz CT molecular complexity index is 338. The molecule has 4 nitrogen and oxygen atoms in total. The topological polar surface area (TPSA) is 61.2 Å². The van der Waals surface area contributed by atoms with E-state index in [1.54, 1.807) is 24.3 Å². The summed E-state index contributed by atoms with van der Waals surface area (Å²) < 4.78 is 0. The van der Waals surface area contributed by atoms with Crippen molar-refractivity contribution in [3.63, 3.8) is 0 Å². The van der Waals surface area contributed by atoms with Gasteiger partial charge < -0.3 is 10.9 Å². The van der Waals surface area contributed by atoms with Gasteiger partial charge in [-0.25, -0.2) is 0 Å². The Morgan fingerprint density at radius 3 is 1.83 bits per heavy atom. The van der Waals surface area contributed by atoms with Crippen LogP contribution in [-0.4, -0.2) is 16.8 Å². The Hall–Kier alpha value is -1.68. The first-order valence-electron chi connectivity index (χ1n) is 3.41. The molecule has 2 rings (SSSR count). The number of carbonyl (C=O) groups is 2. The molecule has 0 aliphatic carbocycles. The molecule has 1 aromatic carbocycles. The molecule has 1 aliphatic rings. The monoisotopic (exact) mass is 161 g/mol. The van der Waals surface area contributed by atoms with E-state index in [2.05, 4.69) is 0 Å². The Labute approximate surface area is 68.5 Å². The minimum Gasteiger partial charge on any atom is -0.573 e. The third-order valence-corrected chi connectivity index (χ3v) is 1.79. The summed E-state index contributed by atoms with van der Waals surface area (Å²) in [5, 5.41) is 0.380. The van der Waals surface area contributed by atoms with Gasteiger partial charge in [-0.15, -0.1) is 0 Å². The molecule has 0 saturated carbocycles. The zero-order valence-corrected chi connectivity index (χ0v) is 6.07. The van der Waals surface area contributed by atoms with Crippen LogP contribution in [-0.2, 0) is 0 Å². The minimum absolute atomic E-state index is 0.317. The minimum atomic E-state index is -0.546. The van der Waals surface area contributed by atoms with Gasteiger partial charge in [-0.3, -0.25) is 9.59 Å². The molecule has 1 heterocycles. The van der Waals surface area contributed by atoms with Crippen molar-refractivity contribution in [2.45, 2.75) is 0 Å². The second-order valence-corrected chi connectivity index (χ2v) is 2.49. The third kappa shape index (κ3) is 0.695. The molecule has 0 bridgehead atoms. The maximum absolute atomic E-state index is 11.1. The second-order valence-electron chi connectivity index (χ2n) is 2.49. The molecule has 1 aliphatic heterocycles. The summed E-state index contributed by atoms with van der Waals surface area (Å²) in [6.45, 7) is 0. The van der Waals surface area contributed by atoms with Gasteiger partial charge in [-0.05, 0) is 12.1 Å². The van der Waals surface area contributed by atoms with Crippen molar-refractivity contribution in [3.8, 4) is 0 Å². The van der Waals surface area contributed by atoms with E-state index in [1.165, 1.54) is 0 Å². The molecular weight excluding hydrogens is 156 g/mol. The molecule has 60 valence electrons. The first kappa shape index (κ1) is 7.00. The summed E-state index contributed by atoms with van der Waals surface area (Å²) in [4.78, 5) is 22.2. The van der Waals surface area contributed by atoms with E-state index < -0.39 is 11.8 Å². The second kappa shape index (κ2) is 2.15. The number of hydrogen-bond donors (Lipinski definition) is 0. The number of benzene rings is 1. The summed E-state index contributed by atoms with van der Waals surface area (Å²) >= 11 is 0. The van der Waals surface area contributed by atoms with E-state index in [-0.39, 0.29) is 0 Å². The molecule has 4 heteroatoms. The highest BCUT2D eigenvalue weighted by Crippen LogP contribution is 2.21. The van der Waals surface area contributed by atoms with Gasteiger partial charge in [0.25, 0.3) is 0 Å². The highest BCUT2D eigenvalue weighted by atomic mass is 16.2. The normalized spacial score (nSPS) is 15.2. The van der Waals surface area contributed by atoms with Crippen LogP contribution in [0.3, 0.4) is 0 Å². The summed E-state index contributed by atoms with van der Waals surface area (Å²) in [7, 11) is 0. The summed E-state index contributed by atoms with van der Waals surface area (Å²) in [5.74, 6) is 5.97. The van der Waals surface area contributed by atoms with Crippen molar-refractivity contribution in [1.29, 1.82) is 0 Å². The van der Waals surface area contributed by atoms with Crippen LogP contribution in [0.5, 0.6) is 0 Å². The zero-order chi connectivity index (χ0) is 8.72. The maximum atomic E-state index is 11.1. The lowest BCUT2D eigenvalue weighted by Gasteiger charge is -2.15. The molecule has 1 N–H and O–H groups in total. The van der Waals surface area contributed by atoms with Gasteiger partial charge in [0.2, 0.25) is 11.8 Å². The highest BCUT2D eigenvalue weighted by Gasteiger charge is 2.27. The number of nitrogens with one attached hydrogen (secondary N) is 1. The van der Waals surface area contributed by atoms with Crippen molar-refractivity contribution in [2.75, 3.05) is 0 Å². The van der Waals surface area contributed by atoms with E-state index in [9.17, 15) is 9.59 Å². The SMILES string of the molecule is [NH-]N1C(=O)c2ccccc2C1=O. The van der Waals surface area contributed by atoms with Crippen molar-refractivity contribution in [3.05, 3.63) is 41.2 Å². The highest BCUT2D eigenvalue weighted by molar-refractivity contribution is 6.21.